The number of oxime groups is 1. The number of carbonyl (C=O) groups excluding carboxylic acids is 4. The summed E-state index contributed by atoms with van der Waals surface area (Å²) in [6.45, 7) is 1.91. The number of amides is 4. The van der Waals surface area contributed by atoms with Crippen LogP contribution in [0.1, 0.15) is 29.1 Å². The van der Waals surface area contributed by atoms with Crippen molar-refractivity contribution in [1.82, 2.24) is 29.3 Å². The van der Waals surface area contributed by atoms with E-state index in [1.807, 2.05) is 0 Å². The largest absolute Gasteiger partial charge is 0.477 e. The number of hydrogen-bond acceptors (Lipinski definition) is 13. The first-order valence-electron chi connectivity index (χ1n) is 12.1. The van der Waals surface area contributed by atoms with Crippen molar-refractivity contribution in [3.63, 3.8) is 0 Å². The van der Waals surface area contributed by atoms with E-state index >= 15 is 0 Å². The molecule has 1 fully saturated rings. The molecule has 5 rings (SSSR count). The zero-order chi connectivity index (χ0) is 30.1. The van der Waals surface area contributed by atoms with E-state index in [1.165, 1.54) is 23.1 Å². The second kappa shape index (κ2) is 11.7. The van der Waals surface area contributed by atoms with Gasteiger partial charge in [-0.15, -0.1) is 11.8 Å². The van der Waals surface area contributed by atoms with Gasteiger partial charge in [-0.1, -0.05) is 16.5 Å². The number of nitrogens with zero attached hydrogens (tertiary/aromatic N) is 6. The van der Waals surface area contributed by atoms with Crippen molar-refractivity contribution in [2.24, 2.45) is 10.9 Å². The smallest absolute Gasteiger partial charge is 0.352 e. The van der Waals surface area contributed by atoms with E-state index in [9.17, 15) is 29.1 Å². The Balaban J connectivity index is 1.41. The van der Waals surface area contributed by atoms with Gasteiger partial charge < -0.3 is 32.0 Å². The van der Waals surface area contributed by atoms with Crippen LogP contribution in [0.25, 0.3) is 4.83 Å². The molecule has 0 aliphatic carbocycles. The Bertz CT molecular complexity index is 1680. The van der Waals surface area contributed by atoms with Crippen LogP contribution >= 0.6 is 34.6 Å². The van der Waals surface area contributed by atoms with Gasteiger partial charge in [0.15, 0.2) is 5.13 Å². The van der Waals surface area contributed by atoms with E-state index in [0.717, 1.165) is 16.4 Å². The molecule has 7 N–H and O–H groups in total. The molecule has 2 atom stereocenters. The third kappa shape index (κ3) is 5.14. The van der Waals surface area contributed by atoms with Crippen molar-refractivity contribution in [3.8, 4) is 0 Å². The minimum atomic E-state index is -1.32. The van der Waals surface area contributed by atoms with Crippen LogP contribution in [-0.2, 0) is 37.1 Å². The summed E-state index contributed by atoms with van der Waals surface area (Å²) in [6, 6.07) is -1.04. The molecule has 17 nitrogen and oxygen atoms in total. The standard InChI is InChI=1S/C22H22N10O7S3/c1-2-39-28-13(17-27-22(24)42-29-17)18(35)26-14-19(36)32-15(21(37)38)9(6-41-20(14)32)4-30-5-12-31(11(30)3-25-8-33)10(7-40-12)16(23)34/h5,7-8,14,20H,2-4,6H2,1H3,(H6-,23,24,25,26,27,29,33,34,35,37,38)/p+1/b28-13-/t14-,20-/m1/s1. The van der Waals surface area contributed by atoms with Crippen molar-refractivity contribution in [1.29, 1.82) is 0 Å². The van der Waals surface area contributed by atoms with Crippen LogP contribution in [0.4, 0.5) is 5.13 Å². The zero-order valence-corrected chi connectivity index (χ0v) is 24.1. The van der Waals surface area contributed by atoms with Crippen LogP contribution in [0.5, 0.6) is 0 Å². The quantitative estimate of drug-likeness (QED) is 0.0491. The number of carboxylic acids is 1. The second-order valence-corrected chi connectivity index (χ2v) is 11.5. The predicted octanol–water partition coefficient (Wildman–Crippen LogP) is -1.75. The van der Waals surface area contributed by atoms with E-state index < -0.39 is 35.1 Å². The minimum Gasteiger partial charge on any atom is -0.477 e. The van der Waals surface area contributed by atoms with Gasteiger partial charge in [0.25, 0.3) is 23.5 Å². The molecule has 0 bridgehead atoms. The number of carbonyl (C=O) groups is 5. The summed E-state index contributed by atoms with van der Waals surface area (Å²) < 4.78 is 7.26. The number of nitrogens with two attached hydrogens (primary N) is 2. The maximum absolute atomic E-state index is 13.2. The number of aliphatic carboxylic acids is 1. The zero-order valence-electron chi connectivity index (χ0n) is 21.7. The number of aromatic nitrogens is 4. The van der Waals surface area contributed by atoms with E-state index in [0.29, 0.717) is 22.6 Å². The maximum atomic E-state index is 13.2. The third-order valence-electron chi connectivity index (χ3n) is 6.26. The first-order valence-corrected chi connectivity index (χ1v) is 14.8. The summed E-state index contributed by atoms with van der Waals surface area (Å²) in [5, 5.41) is 20.0. The van der Waals surface area contributed by atoms with Gasteiger partial charge >= 0.3 is 5.97 Å². The monoisotopic (exact) mass is 635 g/mol. The lowest BCUT2D eigenvalue weighted by molar-refractivity contribution is -0.695. The molecule has 5 heterocycles. The Morgan fingerprint density at radius 1 is 1.38 bits per heavy atom. The Kier molecular flexibility index (Phi) is 8.09. The molecule has 3 aromatic heterocycles. The number of thiazole rings is 1. The van der Waals surface area contributed by atoms with Crippen molar-refractivity contribution in [2.75, 3.05) is 18.1 Å². The molecule has 2 aliphatic heterocycles. The van der Waals surface area contributed by atoms with Gasteiger partial charge in [0.05, 0.1) is 0 Å². The van der Waals surface area contributed by atoms with Crippen LogP contribution in [0.2, 0.25) is 0 Å². The number of anilines is 1. The van der Waals surface area contributed by atoms with Gasteiger partial charge in [0, 0.05) is 28.2 Å². The number of imidazole rings is 1. The Morgan fingerprint density at radius 3 is 2.81 bits per heavy atom. The Labute approximate surface area is 248 Å². The summed E-state index contributed by atoms with van der Waals surface area (Å²) in [7, 11) is 0. The fourth-order valence-electron chi connectivity index (χ4n) is 4.51. The number of nitrogen functional groups attached to an aromatic ring is 1. The summed E-state index contributed by atoms with van der Waals surface area (Å²) in [5.74, 6) is -2.77. The lowest BCUT2D eigenvalue weighted by Crippen LogP contribution is -2.71. The number of β-lactam (4-membered cyclic amide) rings is 1. The van der Waals surface area contributed by atoms with Gasteiger partial charge in [-0.2, -0.15) is 13.8 Å². The lowest BCUT2D eigenvalue weighted by atomic mass is 10.0. The highest BCUT2D eigenvalue weighted by molar-refractivity contribution is 8.00. The average molecular weight is 636 g/mol. The number of thioether (sulfide) groups is 1. The van der Waals surface area contributed by atoms with Crippen LogP contribution in [0.15, 0.2) is 28.0 Å². The number of rotatable bonds is 12. The highest BCUT2D eigenvalue weighted by atomic mass is 32.2. The van der Waals surface area contributed by atoms with Gasteiger partial charge in [-0.05, 0) is 6.92 Å². The van der Waals surface area contributed by atoms with Gasteiger partial charge in [-0.3, -0.25) is 24.1 Å². The molecule has 1 saturated heterocycles. The molecular weight excluding hydrogens is 613 g/mol. The molecule has 20 heteroatoms. The van der Waals surface area contributed by atoms with Gasteiger partial charge in [-0.25, -0.2) is 9.36 Å². The summed E-state index contributed by atoms with van der Waals surface area (Å²) >= 11 is 3.38. The number of fused-ring (bicyclic) bond motifs is 2. The normalized spacial score (nSPS) is 18.5. The highest BCUT2D eigenvalue weighted by Crippen LogP contribution is 2.40. The third-order valence-corrected chi connectivity index (χ3v) is 9.01. The number of hydrogen-bond donors (Lipinski definition) is 5. The van der Waals surface area contributed by atoms with E-state index in [4.69, 9.17) is 16.3 Å². The number of carboxylic acid groups (broad SMARTS) is 1. The fraction of sp³-hybridized carbons (Fsp3) is 0.318. The molecule has 0 radical (unpaired) electrons. The number of primary amides is 1. The summed E-state index contributed by atoms with van der Waals surface area (Å²) in [6.07, 6.45) is 2.21. The van der Waals surface area contributed by atoms with Crippen LogP contribution in [-0.4, -0.2) is 83.4 Å². The molecule has 0 unspecified atom stereocenters. The first kappa shape index (κ1) is 29.0. The predicted molar refractivity (Wildman–Crippen MR) is 149 cm³/mol. The van der Waals surface area contributed by atoms with Crippen molar-refractivity contribution < 1.29 is 38.5 Å². The minimum absolute atomic E-state index is 0.0298. The fourth-order valence-corrected chi connectivity index (χ4v) is 7.24. The molecule has 4 amide bonds. The van der Waals surface area contributed by atoms with Crippen molar-refractivity contribution in [2.45, 2.75) is 31.4 Å². The van der Waals surface area contributed by atoms with Gasteiger partial charge in [0.1, 0.15) is 43.0 Å². The molecule has 0 spiro atoms. The maximum Gasteiger partial charge on any atom is 0.352 e. The van der Waals surface area contributed by atoms with Crippen LogP contribution in [0, 0.1) is 0 Å². The molecule has 2 aliphatic rings. The average Bonchev–Trinajstić information content (AvgIpc) is 3.66. The molecule has 0 aromatic carbocycles. The van der Waals surface area contributed by atoms with E-state index in [1.54, 1.807) is 27.5 Å². The Morgan fingerprint density at radius 2 is 2.17 bits per heavy atom. The molecule has 3 aromatic rings. The first-order chi connectivity index (χ1) is 20.2. The Hall–Kier alpha value is -4.56. The SMILES string of the molecule is CCO/N=C(\C(=O)N[C@@H]1C(=O)N2C(C(=O)O)=C(C[n+]3cc4scc(C(N)=O)n4c3CNC=O)CS[C@H]12)c1nsc(N)n1. The molecule has 0 saturated carbocycles. The highest BCUT2D eigenvalue weighted by Gasteiger charge is 2.54. The van der Waals surface area contributed by atoms with Crippen LogP contribution in [0.3, 0.4) is 0 Å². The lowest BCUT2D eigenvalue weighted by Gasteiger charge is -2.49. The molecule has 42 heavy (non-hydrogen) atoms. The van der Waals surface area contributed by atoms with E-state index in [2.05, 4.69) is 25.1 Å². The molecule has 220 valence electrons. The number of nitrogens with one attached hydrogen (secondary N) is 2. The van der Waals surface area contributed by atoms with Crippen molar-refractivity contribution >= 4 is 80.4 Å². The van der Waals surface area contributed by atoms with Crippen LogP contribution < -0.4 is 26.7 Å². The summed E-state index contributed by atoms with van der Waals surface area (Å²) in [5.41, 5.74) is 11.3. The second-order valence-electron chi connectivity index (χ2n) is 8.76. The van der Waals surface area contributed by atoms with Gasteiger partial charge in [0.2, 0.25) is 28.5 Å². The topological polar surface area (TPSA) is 241 Å². The van der Waals surface area contributed by atoms with E-state index in [-0.39, 0.29) is 53.5 Å². The van der Waals surface area contributed by atoms with Crippen molar-refractivity contribution in [3.05, 3.63) is 40.2 Å². The molecular formula is C22H23N10O7S3+. The summed E-state index contributed by atoms with van der Waals surface area (Å²) in [4.78, 5) is 72.4.